The third kappa shape index (κ3) is 29.5. The van der Waals surface area contributed by atoms with E-state index in [1.807, 2.05) is 52.8 Å². The summed E-state index contributed by atoms with van der Waals surface area (Å²) in [4.78, 5) is 47.2. The quantitative estimate of drug-likeness (QED) is 0.0642. The molecular weight excluding hydrogens is 745 g/mol. The van der Waals surface area contributed by atoms with E-state index in [1.54, 1.807) is 36.2 Å². The van der Waals surface area contributed by atoms with E-state index in [-0.39, 0.29) is 29.4 Å². The first kappa shape index (κ1) is 54.8. The minimum atomic E-state index is -4.23. The average molecular weight is 805 g/mol. The molecule has 0 aromatic heterocycles. The topological polar surface area (TPSA) is 206 Å². The van der Waals surface area contributed by atoms with Gasteiger partial charge in [0.15, 0.2) is 0 Å². The van der Waals surface area contributed by atoms with Gasteiger partial charge in [-0.05, 0) is 102 Å². The van der Waals surface area contributed by atoms with Gasteiger partial charge in [0, 0.05) is 32.3 Å². The maximum atomic E-state index is 12.7. The first-order valence-electron chi connectivity index (χ1n) is 16.8. The van der Waals surface area contributed by atoms with Gasteiger partial charge < -0.3 is 41.6 Å². The summed E-state index contributed by atoms with van der Waals surface area (Å²) in [6, 6.07) is 12.5. The second kappa shape index (κ2) is 30.7. The maximum absolute atomic E-state index is 12.7. The first-order valence-corrected chi connectivity index (χ1v) is 17.2. The smallest absolute Gasteiger partial charge is 0.408 e. The minimum absolute atomic E-state index is 0.0104. The normalized spacial score (nSPS) is 10.7. The highest BCUT2D eigenvalue weighted by Gasteiger charge is 2.26. The van der Waals surface area contributed by atoms with Crippen molar-refractivity contribution >= 4 is 55.3 Å². The lowest BCUT2D eigenvalue weighted by Gasteiger charge is -2.33. The Kier molecular flexibility index (Phi) is 30.6. The van der Waals surface area contributed by atoms with Crippen LogP contribution in [0.3, 0.4) is 0 Å². The van der Waals surface area contributed by atoms with Gasteiger partial charge in [-0.3, -0.25) is 29.4 Å². The Labute approximate surface area is 328 Å². The van der Waals surface area contributed by atoms with E-state index in [0.29, 0.717) is 74.0 Å². The van der Waals surface area contributed by atoms with Crippen molar-refractivity contribution in [3.05, 3.63) is 58.6 Å². The highest BCUT2D eigenvalue weighted by atomic mass is 35.5. The lowest BCUT2D eigenvalue weighted by atomic mass is 9.92. The Morgan fingerprint density at radius 3 is 2.05 bits per heavy atom. The molecule has 0 fully saturated rings. The molecule has 0 atom stereocenters. The van der Waals surface area contributed by atoms with Crippen molar-refractivity contribution in [2.45, 2.75) is 59.4 Å². The molecule has 18 heteroatoms. The minimum Gasteiger partial charge on any atom is -0.492 e. The molecule has 0 saturated carbocycles. The molecule has 2 amide bonds. The second-order valence-corrected chi connectivity index (χ2v) is 13.1. The summed E-state index contributed by atoms with van der Waals surface area (Å²) in [6.07, 6.45) is -2.96. The van der Waals surface area contributed by atoms with Crippen LogP contribution in [-0.2, 0) is 20.9 Å². The van der Waals surface area contributed by atoms with Crippen molar-refractivity contribution in [3.63, 3.8) is 0 Å². The fourth-order valence-electron chi connectivity index (χ4n) is 3.89. The zero-order valence-corrected chi connectivity index (χ0v) is 34.0. The summed E-state index contributed by atoms with van der Waals surface area (Å²) < 4.78 is 43.6. The molecule has 0 bridgehead atoms. The predicted octanol–water partition coefficient (Wildman–Crippen LogP) is 4.82. The van der Waals surface area contributed by atoms with Crippen molar-refractivity contribution in [1.29, 1.82) is 0 Å². The molecule has 0 radical (unpaired) electrons. The van der Waals surface area contributed by atoms with E-state index in [1.165, 1.54) is 7.05 Å². The number of halogens is 4. The number of hydrogen-bond acceptors (Lipinski definition) is 11. The molecule has 7 N–H and O–H groups in total. The van der Waals surface area contributed by atoms with Crippen LogP contribution < -0.4 is 26.8 Å². The number of nitrogens with zero attached hydrogens (tertiary/aromatic N) is 4. The number of nitrogens with two attached hydrogens (primary N) is 2. The summed E-state index contributed by atoms with van der Waals surface area (Å²) in [5, 5.41) is 13.4. The average Bonchev–Trinajstić information content (AvgIpc) is 3.13. The summed E-state index contributed by atoms with van der Waals surface area (Å²) >= 11 is 6.30. The molecule has 14 nitrogen and oxygen atoms in total. The van der Waals surface area contributed by atoms with E-state index in [0.717, 1.165) is 12.7 Å². The fourth-order valence-corrected chi connectivity index (χ4v) is 4.15. The van der Waals surface area contributed by atoms with Gasteiger partial charge in [-0.15, -0.1) is 0 Å². The summed E-state index contributed by atoms with van der Waals surface area (Å²) in [5.74, 6) is 0.410. The van der Waals surface area contributed by atoms with Gasteiger partial charge in [0.2, 0.25) is 5.91 Å². The zero-order chi connectivity index (χ0) is 43.1. The molecule has 0 saturated heterocycles. The molecule has 2 rings (SSSR count). The Balaban J connectivity index is -0.00000117. The first-order chi connectivity index (χ1) is 25.8. The molecule has 2 aromatic carbocycles. The number of ether oxygens (including phenoxy) is 2. The number of aliphatic hydroxyl groups excluding tert-OH is 1. The highest BCUT2D eigenvalue weighted by Crippen LogP contribution is 2.26. The van der Waals surface area contributed by atoms with E-state index < -0.39 is 12.7 Å². The second-order valence-electron chi connectivity index (χ2n) is 12.7. The number of amides is 2. The molecule has 0 aliphatic carbocycles. The van der Waals surface area contributed by atoms with Crippen molar-refractivity contribution in [2.24, 2.45) is 31.9 Å². The number of aliphatic hydroxyl groups is 1. The monoisotopic (exact) mass is 804 g/mol. The van der Waals surface area contributed by atoms with E-state index in [2.05, 4.69) is 55.3 Å². The fraction of sp³-hybridized carbons (Fsp3) is 0.514. The number of benzene rings is 2. The van der Waals surface area contributed by atoms with Crippen LogP contribution in [0.4, 0.5) is 18.9 Å². The molecule has 0 unspecified atom stereocenters. The summed E-state index contributed by atoms with van der Waals surface area (Å²) in [5.41, 5.74) is 10.6. The van der Waals surface area contributed by atoms with Crippen molar-refractivity contribution in [3.8, 4) is 5.75 Å². The lowest BCUT2D eigenvalue weighted by molar-refractivity contribution is -0.138. The molecule has 2 aromatic rings. The Morgan fingerprint density at radius 2 is 1.64 bits per heavy atom. The van der Waals surface area contributed by atoms with Crippen LogP contribution in [0, 0.1) is 5.41 Å². The third-order valence-electron chi connectivity index (χ3n) is 6.24. The highest BCUT2D eigenvalue weighted by molar-refractivity contribution is 6.32. The number of aliphatic imine (C=N–C) groups is 3. The lowest BCUT2D eigenvalue weighted by Crippen LogP contribution is -2.47. The Bertz CT molecular complexity index is 1410. The van der Waals surface area contributed by atoms with Crippen molar-refractivity contribution in [1.82, 2.24) is 15.5 Å². The summed E-state index contributed by atoms with van der Waals surface area (Å²) in [7, 11) is 4.24. The summed E-state index contributed by atoms with van der Waals surface area (Å²) in [6.45, 7) is 18.3. The third-order valence-corrected chi connectivity index (χ3v) is 6.53. The SMILES string of the molecule is C=NCc1ccc(OCCCN(CC(C)(C)CNC(=O)c2ccc(N=C)cc2)C(=O)CNC)c(Cl)c1.CC(C)(C)OC=O.CN.CO.NC=NCC(F)(F)F. The Morgan fingerprint density at radius 1 is 1.04 bits per heavy atom. The number of hydrogen-bond donors (Lipinski definition) is 5. The van der Waals surface area contributed by atoms with Gasteiger partial charge in [-0.25, -0.2) is 0 Å². The van der Waals surface area contributed by atoms with Crippen LogP contribution >= 0.6 is 11.6 Å². The molecule has 0 aliphatic heterocycles. The van der Waals surface area contributed by atoms with Gasteiger partial charge in [0.05, 0.1) is 36.7 Å². The predicted molar refractivity (Wildman–Crippen MR) is 216 cm³/mol. The molecule has 55 heavy (non-hydrogen) atoms. The van der Waals surface area contributed by atoms with Gasteiger partial charge in [-0.2, -0.15) is 13.2 Å². The van der Waals surface area contributed by atoms with E-state index >= 15 is 0 Å². The zero-order valence-electron chi connectivity index (χ0n) is 33.2. The standard InChI is InChI=1S/C27H36ClN5O3.C5H10O2.C3H5F3N2.CH5N.CH4O/c1-27(2,18-32-26(35)21-8-10-22(31-5)11-9-21)19-33(25(34)17-30-4)13-6-14-36-24-12-7-20(16-29-3)15-23(24)28;1-5(2,3)7-4-6;4-3(5,6)1-8-2-7;2*1-2/h7-12,15,30H,3,5-6,13-14,16-19H2,1-2,4H3,(H,32,35);4H,1-3H3;2H,1H2,(H2,7,8);2H2,1H3;2H,1H3. The number of rotatable bonds is 17. The molecule has 0 heterocycles. The van der Waals surface area contributed by atoms with Crippen LogP contribution in [0.2, 0.25) is 5.02 Å². The number of alkyl halides is 3. The van der Waals surface area contributed by atoms with Gasteiger partial charge >= 0.3 is 6.18 Å². The van der Waals surface area contributed by atoms with Crippen LogP contribution in [0.1, 0.15) is 57.0 Å². The van der Waals surface area contributed by atoms with Crippen LogP contribution in [0.5, 0.6) is 5.75 Å². The van der Waals surface area contributed by atoms with Gasteiger partial charge in [0.1, 0.15) is 17.9 Å². The number of nitrogens with one attached hydrogen (secondary N) is 2. The van der Waals surface area contributed by atoms with Gasteiger partial charge in [-0.1, -0.05) is 31.5 Å². The van der Waals surface area contributed by atoms with Crippen LogP contribution in [0.25, 0.3) is 0 Å². The molecule has 0 spiro atoms. The number of carbonyl (C=O) groups excluding carboxylic acids is 3. The van der Waals surface area contributed by atoms with E-state index in [4.69, 9.17) is 21.4 Å². The maximum Gasteiger partial charge on any atom is 0.408 e. The number of likely N-dealkylation sites (N-methyl/N-ethyl adjacent to an activating group) is 1. The number of carbonyl (C=O) groups is 3. The largest absolute Gasteiger partial charge is 0.492 e. The molecular formula is C37H60ClF3N8O6. The molecule has 312 valence electrons. The van der Waals surface area contributed by atoms with E-state index in [9.17, 15) is 27.6 Å². The van der Waals surface area contributed by atoms with Crippen molar-refractivity contribution in [2.75, 3.05) is 60.5 Å². The van der Waals surface area contributed by atoms with Crippen LogP contribution in [-0.4, -0.2) is 120 Å². The van der Waals surface area contributed by atoms with Crippen LogP contribution in [0.15, 0.2) is 57.4 Å². The van der Waals surface area contributed by atoms with Crippen molar-refractivity contribution < 1.29 is 42.1 Å². The molecule has 0 aliphatic rings. The Hall–Kier alpha value is -4.58. The van der Waals surface area contributed by atoms with Gasteiger partial charge in [0.25, 0.3) is 12.4 Å².